The Morgan fingerprint density at radius 2 is 1.50 bits per heavy atom. The van der Waals surface area contributed by atoms with Crippen LogP contribution in [0.1, 0.15) is 53.4 Å². The fourth-order valence-electron chi connectivity index (χ4n) is 3.31. The number of carbonyl (C=O) groups excluding carboxylic acids is 4. The molecule has 30 heavy (non-hydrogen) atoms. The van der Waals surface area contributed by atoms with Crippen molar-refractivity contribution in [3.8, 4) is 0 Å². The quantitative estimate of drug-likeness (QED) is 0.232. The number of hydrogen-bond donors (Lipinski definition) is 2. The molecule has 8 heteroatoms. The van der Waals surface area contributed by atoms with Crippen LogP contribution in [-0.4, -0.2) is 70.0 Å². The standard InChI is InChI=1S/C22H35NO7/c1-7-9-11-17(24)15-23(5,6)22(30,18(25)12-10-8-2)21(29,14-20(27)28)19(26)13-16(3)4/h9-12,16,29-30H,7-8,13-15H2,1-6H3/b11-9+,12-10+. The van der Waals surface area contributed by atoms with Gasteiger partial charge in [-0.1, -0.05) is 39.8 Å². The molecule has 0 aliphatic carbocycles. The number of carboxylic acids is 1. The summed E-state index contributed by atoms with van der Waals surface area (Å²) in [6.45, 7) is 6.45. The Kier molecular flexibility index (Phi) is 10.5. The van der Waals surface area contributed by atoms with Crippen LogP contribution >= 0.6 is 0 Å². The van der Waals surface area contributed by atoms with Crippen LogP contribution in [0.5, 0.6) is 0 Å². The third-order valence-corrected chi connectivity index (χ3v) is 4.85. The van der Waals surface area contributed by atoms with Gasteiger partial charge >= 0.3 is 5.72 Å². The minimum Gasteiger partial charge on any atom is -0.550 e. The van der Waals surface area contributed by atoms with E-state index in [4.69, 9.17) is 0 Å². The maximum absolute atomic E-state index is 13.1. The van der Waals surface area contributed by atoms with Gasteiger partial charge in [-0.05, 0) is 30.9 Å². The average Bonchev–Trinajstić information content (AvgIpc) is 2.61. The van der Waals surface area contributed by atoms with Crippen molar-refractivity contribution in [2.24, 2.45) is 5.92 Å². The molecule has 2 atom stereocenters. The van der Waals surface area contributed by atoms with Gasteiger partial charge in [0.1, 0.15) is 6.54 Å². The topological polar surface area (TPSA) is 132 Å². The Labute approximate surface area is 178 Å². The number of quaternary nitrogens is 1. The van der Waals surface area contributed by atoms with Gasteiger partial charge in [0.05, 0.1) is 14.1 Å². The van der Waals surface area contributed by atoms with Crippen molar-refractivity contribution in [2.75, 3.05) is 20.6 Å². The van der Waals surface area contributed by atoms with Gasteiger partial charge in [-0.25, -0.2) is 0 Å². The second-order valence-electron chi connectivity index (χ2n) is 8.40. The number of hydrogen-bond acceptors (Lipinski definition) is 7. The number of ketones is 3. The van der Waals surface area contributed by atoms with Crippen molar-refractivity contribution < 1.29 is 39.0 Å². The lowest BCUT2D eigenvalue weighted by Crippen LogP contribution is -2.78. The molecule has 0 aromatic carbocycles. The highest BCUT2D eigenvalue weighted by Crippen LogP contribution is 2.37. The molecule has 0 bridgehead atoms. The summed E-state index contributed by atoms with van der Waals surface area (Å²) in [7, 11) is 2.58. The fraction of sp³-hybridized carbons (Fsp3) is 0.636. The molecular formula is C22H35NO7. The Morgan fingerprint density at radius 1 is 1.00 bits per heavy atom. The molecule has 8 nitrogen and oxygen atoms in total. The number of allylic oxidation sites excluding steroid dienone is 2. The molecule has 170 valence electrons. The zero-order chi connectivity index (χ0) is 23.8. The van der Waals surface area contributed by atoms with Crippen molar-refractivity contribution >= 4 is 23.3 Å². The molecule has 0 spiro atoms. The molecule has 0 fully saturated rings. The van der Waals surface area contributed by atoms with E-state index >= 15 is 0 Å². The molecule has 0 aromatic heterocycles. The third kappa shape index (κ3) is 6.42. The highest BCUT2D eigenvalue weighted by molar-refractivity contribution is 6.04. The largest absolute Gasteiger partial charge is 0.550 e. The number of aliphatic hydroxyl groups is 2. The lowest BCUT2D eigenvalue weighted by Gasteiger charge is -2.50. The summed E-state index contributed by atoms with van der Waals surface area (Å²) in [5.74, 6) is -4.62. The predicted octanol–water partition coefficient (Wildman–Crippen LogP) is 0.308. The van der Waals surface area contributed by atoms with E-state index in [2.05, 4.69) is 0 Å². The zero-order valence-electron chi connectivity index (χ0n) is 18.8. The molecule has 2 unspecified atom stereocenters. The van der Waals surface area contributed by atoms with Crippen LogP contribution in [0.4, 0.5) is 0 Å². The summed E-state index contributed by atoms with van der Waals surface area (Å²) >= 11 is 0. The van der Waals surface area contributed by atoms with Crippen LogP contribution in [0.3, 0.4) is 0 Å². The number of Topliss-reactive ketones (excluding diaryl/α,β-unsaturated/α-hetero) is 1. The van der Waals surface area contributed by atoms with Gasteiger partial charge in [0.25, 0.3) is 0 Å². The van der Waals surface area contributed by atoms with Crippen LogP contribution in [0.25, 0.3) is 0 Å². The van der Waals surface area contributed by atoms with Gasteiger partial charge in [-0.2, -0.15) is 0 Å². The average molecular weight is 426 g/mol. The van der Waals surface area contributed by atoms with Crippen LogP contribution in [-0.2, 0) is 19.2 Å². The van der Waals surface area contributed by atoms with Crippen molar-refractivity contribution in [1.82, 2.24) is 0 Å². The van der Waals surface area contributed by atoms with Crippen molar-refractivity contribution in [1.29, 1.82) is 0 Å². The molecule has 0 radical (unpaired) electrons. The first-order chi connectivity index (χ1) is 13.7. The fourth-order valence-corrected chi connectivity index (χ4v) is 3.31. The Hall–Kier alpha value is -2.16. The lowest BCUT2D eigenvalue weighted by molar-refractivity contribution is -0.954. The Morgan fingerprint density at radius 3 is 1.93 bits per heavy atom. The summed E-state index contributed by atoms with van der Waals surface area (Å²) in [5, 5.41) is 34.3. The molecule has 0 saturated carbocycles. The molecule has 0 aliphatic rings. The minimum atomic E-state index is -3.00. The maximum Gasteiger partial charge on any atom is 0.302 e. The van der Waals surface area contributed by atoms with Gasteiger partial charge in [0, 0.05) is 18.8 Å². The van der Waals surface area contributed by atoms with Gasteiger partial charge in [0.15, 0.2) is 5.78 Å². The number of carboxylic acid groups (broad SMARTS) is 1. The van der Waals surface area contributed by atoms with E-state index in [1.54, 1.807) is 26.8 Å². The minimum absolute atomic E-state index is 0.277. The molecular weight excluding hydrogens is 390 g/mol. The van der Waals surface area contributed by atoms with E-state index < -0.39 is 52.1 Å². The smallest absolute Gasteiger partial charge is 0.302 e. The maximum atomic E-state index is 13.1. The van der Waals surface area contributed by atoms with E-state index in [9.17, 15) is 34.5 Å². The van der Waals surface area contributed by atoms with Gasteiger partial charge in [-0.15, -0.1) is 0 Å². The Balaban J connectivity index is 6.74. The number of carbonyl (C=O) groups is 4. The molecule has 0 heterocycles. The van der Waals surface area contributed by atoms with E-state index in [1.807, 2.05) is 6.92 Å². The summed E-state index contributed by atoms with van der Waals surface area (Å²) in [6.07, 6.45) is 4.73. The predicted molar refractivity (Wildman–Crippen MR) is 110 cm³/mol. The first-order valence-corrected chi connectivity index (χ1v) is 10.1. The summed E-state index contributed by atoms with van der Waals surface area (Å²) in [5.41, 5.74) is -5.93. The SMILES string of the molecule is CC/C=C/C(=O)C[N+](C)(C)C(O)(C(=O)/C=C/CC)C(O)(CC(=O)[O-])C(=O)CC(C)C. The van der Waals surface area contributed by atoms with Crippen molar-refractivity contribution in [2.45, 2.75) is 64.7 Å². The normalized spacial score (nSPS) is 16.6. The number of rotatable bonds is 14. The van der Waals surface area contributed by atoms with Crippen LogP contribution < -0.4 is 5.11 Å². The summed E-state index contributed by atoms with van der Waals surface area (Å²) < 4.78 is -0.847. The molecule has 0 amide bonds. The van der Waals surface area contributed by atoms with Gasteiger partial charge in [-0.3, -0.25) is 18.9 Å². The zero-order valence-corrected chi connectivity index (χ0v) is 18.8. The van der Waals surface area contributed by atoms with Crippen LogP contribution in [0, 0.1) is 5.92 Å². The third-order valence-electron chi connectivity index (χ3n) is 4.85. The molecule has 0 saturated heterocycles. The summed E-state index contributed by atoms with van der Waals surface area (Å²) in [4.78, 5) is 49.8. The van der Waals surface area contributed by atoms with Gasteiger partial charge in [0.2, 0.25) is 17.2 Å². The summed E-state index contributed by atoms with van der Waals surface area (Å²) in [6, 6.07) is 0. The molecule has 2 N–H and O–H groups in total. The highest BCUT2D eigenvalue weighted by Gasteiger charge is 2.68. The molecule has 0 aliphatic heterocycles. The van der Waals surface area contributed by atoms with E-state index in [0.717, 1.165) is 6.08 Å². The Bertz CT molecular complexity index is 708. The highest BCUT2D eigenvalue weighted by atomic mass is 16.4. The van der Waals surface area contributed by atoms with E-state index in [0.29, 0.717) is 12.8 Å². The van der Waals surface area contributed by atoms with Crippen molar-refractivity contribution in [3.05, 3.63) is 24.3 Å². The second kappa shape index (κ2) is 11.3. The lowest BCUT2D eigenvalue weighted by atomic mass is 9.75. The van der Waals surface area contributed by atoms with E-state index in [1.165, 1.54) is 26.2 Å². The monoisotopic (exact) mass is 425 g/mol. The van der Waals surface area contributed by atoms with Crippen LogP contribution in [0.2, 0.25) is 0 Å². The first kappa shape index (κ1) is 27.8. The van der Waals surface area contributed by atoms with Gasteiger partial charge < -0.3 is 20.1 Å². The number of nitrogens with zero attached hydrogens (tertiary/aromatic N) is 1. The number of aliphatic carboxylic acids is 1. The van der Waals surface area contributed by atoms with Crippen LogP contribution in [0.15, 0.2) is 24.3 Å². The molecule has 0 aromatic rings. The molecule has 0 rings (SSSR count). The van der Waals surface area contributed by atoms with Crippen molar-refractivity contribution in [3.63, 3.8) is 0 Å². The second-order valence-corrected chi connectivity index (χ2v) is 8.40. The first-order valence-electron chi connectivity index (χ1n) is 10.1. The van der Waals surface area contributed by atoms with E-state index in [-0.39, 0.29) is 12.3 Å². The number of likely N-dealkylation sites (N-methyl/N-ethyl adjacent to an activating group) is 1.